The summed E-state index contributed by atoms with van der Waals surface area (Å²) in [5, 5.41) is 8.47. The van der Waals surface area contributed by atoms with Crippen LogP contribution in [0.4, 0.5) is 0 Å². The van der Waals surface area contributed by atoms with Crippen molar-refractivity contribution >= 4 is 29.7 Å². The molecule has 2 atom stereocenters. The predicted molar refractivity (Wildman–Crippen MR) is 82.0 cm³/mol. The number of hydrogen-bond acceptors (Lipinski definition) is 4. The number of hydrogen-bond donors (Lipinski definition) is 2. The number of piperazine rings is 1. The summed E-state index contributed by atoms with van der Waals surface area (Å²) in [6, 6.07) is 4.66. The van der Waals surface area contributed by atoms with Gasteiger partial charge in [0.05, 0.1) is 12.6 Å². The minimum absolute atomic E-state index is 0. The second kappa shape index (κ2) is 7.85. The quantitative estimate of drug-likeness (QED) is 0.889. The van der Waals surface area contributed by atoms with Crippen LogP contribution in [-0.2, 0) is 4.79 Å². The van der Waals surface area contributed by atoms with Crippen LogP contribution in [0.5, 0.6) is 0 Å². The summed E-state index contributed by atoms with van der Waals surface area (Å²) in [7, 11) is 0. The van der Waals surface area contributed by atoms with E-state index in [-0.39, 0.29) is 24.4 Å². The molecule has 2 rings (SSSR count). The Morgan fingerprint density at radius 2 is 2.47 bits per heavy atom. The van der Waals surface area contributed by atoms with E-state index in [1.54, 1.807) is 11.3 Å². The van der Waals surface area contributed by atoms with Crippen molar-refractivity contribution in [2.45, 2.75) is 25.9 Å². The summed E-state index contributed by atoms with van der Waals surface area (Å²) in [6.07, 6.45) is 0. The molecule has 1 aromatic rings. The third kappa shape index (κ3) is 5.10. The maximum Gasteiger partial charge on any atom is 0.234 e. The molecule has 2 N–H and O–H groups in total. The van der Waals surface area contributed by atoms with Crippen LogP contribution < -0.4 is 10.6 Å². The Morgan fingerprint density at radius 3 is 3.11 bits per heavy atom. The number of nitrogens with zero attached hydrogens (tertiary/aromatic N) is 1. The molecule has 19 heavy (non-hydrogen) atoms. The molecule has 6 heteroatoms. The first kappa shape index (κ1) is 16.4. The van der Waals surface area contributed by atoms with E-state index in [0.717, 1.165) is 19.6 Å². The fraction of sp³-hybridized carbons (Fsp3) is 0.615. The Morgan fingerprint density at radius 1 is 1.68 bits per heavy atom. The van der Waals surface area contributed by atoms with Gasteiger partial charge in [0.2, 0.25) is 5.91 Å². The Labute approximate surface area is 125 Å². The standard InChI is InChI=1S/C13H21N3OS.ClH/c1-10-8-16(6-5-14-10)9-13(17)15-11(2)12-4-3-7-18-12;/h3-4,7,10-11,14H,5-6,8-9H2,1-2H3,(H,15,17);1H. The highest BCUT2D eigenvalue weighted by Gasteiger charge is 2.19. The lowest BCUT2D eigenvalue weighted by Gasteiger charge is -2.31. The molecule has 1 fully saturated rings. The van der Waals surface area contributed by atoms with Crippen LogP contribution in [0.2, 0.25) is 0 Å². The van der Waals surface area contributed by atoms with Crippen molar-refractivity contribution in [3.63, 3.8) is 0 Å². The fourth-order valence-electron chi connectivity index (χ4n) is 2.25. The Kier molecular flexibility index (Phi) is 6.79. The fourth-order valence-corrected chi connectivity index (χ4v) is 2.99. The molecule has 1 amide bonds. The molecule has 1 saturated heterocycles. The van der Waals surface area contributed by atoms with Gasteiger partial charge in [-0.25, -0.2) is 0 Å². The average Bonchev–Trinajstić information content (AvgIpc) is 2.81. The molecule has 2 heterocycles. The molecule has 4 nitrogen and oxygen atoms in total. The maximum absolute atomic E-state index is 12.0. The summed E-state index contributed by atoms with van der Waals surface area (Å²) in [4.78, 5) is 15.4. The van der Waals surface area contributed by atoms with Crippen LogP contribution in [0.15, 0.2) is 17.5 Å². The predicted octanol–water partition coefficient (Wildman–Crippen LogP) is 1.64. The second-order valence-corrected chi connectivity index (χ2v) is 5.87. The lowest BCUT2D eigenvalue weighted by molar-refractivity contribution is -0.123. The molecule has 1 aromatic heterocycles. The lowest BCUT2D eigenvalue weighted by atomic mass is 10.2. The first-order chi connectivity index (χ1) is 8.65. The molecule has 1 aliphatic rings. The molecule has 108 valence electrons. The van der Waals surface area contributed by atoms with Gasteiger partial charge in [0.15, 0.2) is 0 Å². The molecular weight excluding hydrogens is 282 g/mol. The van der Waals surface area contributed by atoms with Gasteiger partial charge in [0, 0.05) is 30.6 Å². The van der Waals surface area contributed by atoms with Gasteiger partial charge in [-0.05, 0) is 25.3 Å². The van der Waals surface area contributed by atoms with Crippen LogP contribution in [0.25, 0.3) is 0 Å². The zero-order valence-corrected chi connectivity index (χ0v) is 13.0. The summed E-state index contributed by atoms with van der Waals surface area (Å²) >= 11 is 1.68. The number of nitrogens with one attached hydrogen (secondary N) is 2. The summed E-state index contributed by atoms with van der Waals surface area (Å²) in [5.74, 6) is 0.116. The van der Waals surface area contributed by atoms with E-state index < -0.39 is 0 Å². The molecule has 0 spiro atoms. The van der Waals surface area contributed by atoms with Crippen molar-refractivity contribution in [2.24, 2.45) is 0 Å². The molecular formula is C13H22ClN3OS. The topological polar surface area (TPSA) is 44.4 Å². The Bertz CT molecular complexity index is 385. The molecule has 0 saturated carbocycles. The van der Waals surface area contributed by atoms with E-state index in [0.29, 0.717) is 12.6 Å². The zero-order chi connectivity index (χ0) is 13.0. The molecule has 0 radical (unpaired) electrons. The van der Waals surface area contributed by atoms with Crippen molar-refractivity contribution in [2.75, 3.05) is 26.2 Å². The molecule has 2 unspecified atom stereocenters. The van der Waals surface area contributed by atoms with Gasteiger partial charge in [-0.2, -0.15) is 0 Å². The Hall–Kier alpha value is -0.620. The van der Waals surface area contributed by atoms with Crippen molar-refractivity contribution in [1.82, 2.24) is 15.5 Å². The maximum atomic E-state index is 12.0. The van der Waals surface area contributed by atoms with Gasteiger partial charge in [-0.15, -0.1) is 23.7 Å². The van der Waals surface area contributed by atoms with E-state index in [2.05, 4.69) is 28.5 Å². The third-order valence-corrected chi connectivity index (χ3v) is 4.22. The number of halogens is 1. The first-order valence-electron chi connectivity index (χ1n) is 6.43. The minimum Gasteiger partial charge on any atom is -0.348 e. The van der Waals surface area contributed by atoms with Crippen molar-refractivity contribution in [1.29, 1.82) is 0 Å². The normalized spacial score (nSPS) is 21.5. The number of carbonyl (C=O) groups excluding carboxylic acids is 1. The molecule has 0 bridgehead atoms. The van der Waals surface area contributed by atoms with E-state index >= 15 is 0 Å². The van der Waals surface area contributed by atoms with Crippen LogP contribution in [0.1, 0.15) is 24.8 Å². The van der Waals surface area contributed by atoms with E-state index in [4.69, 9.17) is 0 Å². The van der Waals surface area contributed by atoms with Crippen molar-refractivity contribution in [3.05, 3.63) is 22.4 Å². The summed E-state index contributed by atoms with van der Waals surface area (Å²) < 4.78 is 0. The highest BCUT2D eigenvalue weighted by Crippen LogP contribution is 2.17. The third-order valence-electron chi connectivity index (χ3n) is 3.17. The van der Waals surface area contributed by atoms with Gasteiger partial charge in [-0.3, -0.25) is 9.69 Å². The average molecular weight is 304 g/mol. The van der Waals surface area contributed by atoms with Gasteiger partial charge in [0.1, 0.15) is 0 Å². The first-order valence-corrected chi connectivity index (χ1v) is 7.31. The molecule has 0 aliphatic carbocycles. The second-order valence-electron chi connectivity index (χ2n) is 4.89. The van der Waals surface area contributed by atoms with Crippen LogP contribution in [0.3, 0.4) is 0 Å². The van der Waals surface area contributed by atoms with Crippen LogP contribution in [-0.4, -0.2) is 43.0 Å². The van der Waals surface area contributed by atoms with Crippen LogP contribution >= 0.6 is 23.7 Å². The largest absolute Gasteiger partial charge is 0.348 e. The summed E-state index contributed by atoms with van der Waals surface area (Å²) in [5.41, 5.74) is 0. The highest BCUT2D eigenvalue weighted by atomic mass is 35.5. The summed E-state index contributed by atoms with van der Waals surface area (Å²) in [6.45, 7) is 7.55. The van der Waals surface area contributed by atoms with Gasteiger partial charge >= 0.3 is 0 Å². The van der Waals surface area contributed by atoms with E-state index in [9.17, 15) is 4.79 Å². The van der Waals surface area contributed by atoms with E-state index in [1.165, 1.54) is 4.88 Å². The van der Waals surface area contributed by atoms with Gasteiger partial charge < -0.3 is 10.6 Å². The number of amides is 1. The van der Waals surface area contributed by atoms with Crippen molar-refractivity contribution < 1.29 is 4.79 Å². The lowest BCUT2D eigenvalue weighted by Crippen LogP contribution is -2.51. The van der Waals surface area contributed by atoms with E-state index in [1.807, 2.05) is 18.4 Å². The monoisotopic (exact) mass is 303 g/mol. The minimum atomic E-state index is 0. The number of carbonyl (C=O) groups is 1. The highest BCUT2D eigenvalue weighted by molar-refractivity contribution is 7.10. The number of rotatable bonds is 4. The smallest absolute Gasteiger partial charge is 0.234 e. The van der Waals surface area contributed by atoms with Crippen LogP contribution in [0, 0.1) is 0 Å². The molecule has 1 aliphatic heterocycles. The van der Waals surface area contributed by atoms with Gasteiger partial charge in [-0.1, -0.05) is 6.07 Å². The SMILES string of the molecule is CC1CN(CC(=O)NC(C)c2cccs2)CCN1.Cl. The molecule has 0 aromatic carbocycles. The zero-order valence-electron chi connectivity index (χ0n) is 11.4. The van der Waals surface area contributed by atoms with Crippen molar-refractivity contribution in [3.8, 4) is 0 Å². The number of thiophene rings is 1. The van der Waals surface area contributed by atoms with Gasteiger partial charge in [0.25, 0.3) is 0 Å². The Balaban J connectivity index is 0.00000180.